The van der Waals surface area contributed by atoms with Crippen LogP contribution in [0.5, 0.6) is 0 Å². The van der Waals surface area contributed by atoms with E-state index in [1.54, 1.807) is 25.7 Å². The van der Waals surface area contributed by atoms with Gasteiger partial charge in [-0.05, 0) is 65.9 Å². The van der Waals surface area contributed by atoms with E-state index < -0.39 is 23.8 Å². The lowest BCUT2D eigenvalue weighted by molar-refractivity contribution is -0.144. The molecular weight excluding hydrogens is 442 g/mol. The van der Waals surface area contributed by atoms with E-state index in [9.17, 15) is 14.4 Å². The quantitative estimate of drug-likeness (QED) is 0.379. The van der Waals surface area contributed by atoms with Gasteiger partial charge in [-0.3, -0.25) is 9.59 Å². The first kappa shape index (κ1) is 30.5. The van der Waals surface area contributed by atoms with Crippen molar-refractivity contribution in [2.24, 2.45) is 5.92 Å². The second-order valence-electron chi connectivity index (χ2n) is 11.0. The third-order valence-corrected chi connectivity index (χ3v) is 5.51. The summed E-state index contributed by atoms with van der Waals surface area (Å²) in [5.41, 5.74) is 1.13. The van der Waals surface area contributed by atoms with Gasteiger partial charge in [-0.2, -0.15) is 0 Å². The Hall–Kier alpha value is -2.57. The van der Waals surface area contributed by atoms with E-state index in [0.29, 0.717) is 13.0 Å². The van der Waals surface area contributed by atoms with Crippen molar-refractivity contribution < 1.29 is 19.1 Å². The van der Waals surface area contributed by atoms with E-state index in [-0.39, 0.29) is 23.8 Å². The molecule has 7 nitrogen and oxygen atoms in total. The predicted molar refractivity (Wildman–Crippen MR) is 141 cm³/mol. The molecule has 2 unspecified atom stereocenters. The number of nitrogens with one attached hydrogen (secondary N) is 2. The lowest BCUT2D eigenvalue weighted by Crippen LogP contribution is -2.55. The van der Waals surface area contributed by atoms with E-state index in [4.69, 9.17) is 4.74 Å². The van der Waals surface area contributed by atoms with Gasteiger partial charge >= 0.3 is 6.09 Å². The largest absolute Gasteiger partial charge is 0.444 e. The number of ether oxygens (including phenoxy) is 1. The van der Waals surface area contributed by atoms with Crippen LogP contribution in [0.2, 0.25) is 0 Å². The maximum atomic E-state index is 14.0. The van der Waals surface area contributed by atoms with Crippen LogP contribution in [0, 0.1) is 12.8 Å². The predicted octanol–water partition coefficient (Wildman–Crippen LogP) is 5.52. The van der Waals surface area contributed by atoms with Crippen LogP contribution in [0.3, 0.4) is 0 Å². The molecule has 0 aliphatic heterocycles. The van der Waals surface area contributed by atoms with Gasteiger partial charge in [0.05, 0.1) is 0 Å². The number of carbonyl (C=O) groups excluding carboxylic acids is 3. The van der Waals surface area contributed by atoms with Crippen LogP contribution in [0.15, 0.2) is 24.3 Å². The maximum absolute atomic E-state index is 14.0. The Morgan fingerprint density at radius 2 is 1.60 bits per heavy atom. The van der Waals surface area contributed by atoms with Crippen LogP contribution in [-0.2, 0) is 14.3 Å². The molecule has 2 N–H and O–H groups in total. The summed E-state index contributed by atoms with van der Waals surface area (Å²) in [5.74, 6) is -0.366. The average molecular weight is 490 g/mol. The Labute approximate surface area is 212 Å². The first-order valence-electron chi connectivity index (χ1n) is 12.9. The van der Waals surface area contributed by atoms with Gasteiger partial charge in [-0.15, -0.1) is 0 Å². The summed E-state index contributed by atoms with van der Waals surface area (Å²) in [6.07, 6.45) is 2.75. The van der Waals surface area contributed by atoms with Gasteiger partial charge in [0.25, 0.3) is 0 Å². The third-order valence-electron chi connectivity index (χ3n) is 5.51. The van der Waals surface area contributed by atoms with Gasteiger partial charge in [-0.1, -0.05) is 63.4 Å². The fourth-order valence-corrected chi connectivity index (χ4v) is 3.87. The Bertz CT molecular complexity index is 812. The molecule has 3 amide bonds. The molecule has 35 heavy (non-hydrogen) atoms. The molecule has 1 aromatic carbocycles. The van der Waals surface area contributed by atoms with E-state index in [2.05, 4.69) is 17.6 Å². The van der Waals surface area contributed by atoms with Gasteiger partial charge < -0.3 is 20.3 Å². The summed E-state index contributed by atoms with van der Waals surface area (Å²) in [5, 5.41) is 5.80. The highest BCUT2D eigenvalue weighted by Crippen LogP contribution is 2.26. The summed E-state index contributed by atoms with van der Waals surface area (Å²) < 4.78 is 5.42. The van der Waals surface area contributed by atoms with Crippen molar-refractivity contribution in [3.05, 3.63) is 35.4 Å². The molecule has 0 fully saturated rings. The molecule has 0 saturated heterocycles. The number of hydrogen-bond donors (Lipinski definition) is 2. The minimum Gasteiger partial charge on any atom is -0.444 e. The Balaban J connectivity index is 3.35. The summed E-state index contributed by atoms with van der Waals surface area (Å²) >= 11 is 0. The van der Waals surface area contributed by atoms with Crippen LogP contribution in [0.25, 0.3) is 0 Å². The molecule has 0 aromatic heterocycles. The van der Waals surface area contributed by atoms with Crippen molar-refractivity contribution in [2.45, 2.75) is 112 Å². The Morgan fingerprint density at radius 1 is 1.00 bits per heavy atom. The first-order valence-corrected chi connectivity index (χ1v) is 12.9. The monoisotopic (exact) mass is 489 g/mol. The lowest BCUT2D eigenvalue weighted by atomic mass is 9.97. The minimum absolute atomic E-state index is 0.147. The molecule has 0 saturated carbocycles. The number of amides is 3. The number of aryl methyl sites for hydroxylation is 1. The van der Waals surface area contributed by atoms with E-state index in [1.165, 1.54) is 0 Å². The summed E-state index contributed by atoms with van der Waals surface area (Å²) in [6.45, 7) is 17.8. The van der Waals surface area contributed by atoms with E-state index in [0.717, 1.165) is 30.4 Å². The molecule has 0 spiro atoms. The first-order chi connectivity index (χ1) is 16.3. The molecule has 1 rings (SSSR count). The molecule has 198 valence electrons. The number of unbranched alkanes of at least 4 members (excludes halogenated alkanes) is 2. The summed E-state index contributed by atoms with van der Waals surface area (Å²) in [4.78, 5) is 41.6. The number of alkyl carbamates (subject to hydrolysis) is 1. The van der Waals surface area contributed by atoms with Crippen LogP contribution in [0.1, 0.15) is 98.2 Å². The minimum atomic E-state index is -0.812. The van der Waals surface area contributed by atoms with E-state index in [1.807, 2.05) is 58.9 Å². The lowest BCUT2D eigenvalue weighted by Gasteiger charge is -2.37. The second kappa shape index (κ2) is 14.1. The van der Waals surface area contributed by atoms with E-state index >= 15 is 0 Å². The van der Waals surface area contributed by atoms with Gasteiger partial charge in [0, 0.05) is 12.6 Å². The normalized spacial score (nSPS) is 13.3. The fourth-order valence-electron chi connectivity index (χ4n) is 3.87. The number of carbonyl (C=O) groups is 3. The molecule has 0 aliphatic carbocycles. The topological polar surface area (TPSA) is 87.7 Å². The van der Waals surface area contributed by atoms with Crippen molar-refractivity contribution in [2.75, 3.05) is 6.54 Å². The summed E-state index contributed by atoms with van der Waals surface area (Å²) in [6, 6.07) is 5.79. The molecule has 7 heteroatoms. The SMILES string of the molecule is CCCCCNC(=O)C(c1ccc(C)cc1)N(C(=O)C(CC(C)C)NC(=O)OC(C)(C)C)C(C)C. The Kier molecular flexibility index (Phi) is 12.3. The molecule has 1 aromatic rings. The molecular formula is C28H47N3O4. The zero-order chi connectivity index (χ0) is 26.8. The molecule has 2 atom stereocenters. The average Bonchev–Trinajstić information content (AvgIpc) is 2.73. The zero-order valence-corrected chi connectivity index (χ0v) is 23.2. The highest BCUT2D eigenvalue weighted by molar-refractivity contribution is 5.92. The molecule has 0 radical (unpaired) electrons. The van der Waals surface area contributed by atoms with Crippen molar-refractivity contribution >= 4 is 17.9 Å². The number of rotatable bonds is 12. The Morgan fingerprint density at radius 3 is 2.09 bits per heavy atom. The molecule has 0 bridgehead atoms. The van der Waals surface area contributed by atoms with Crippen molar-refractivity contribution in [3.63, 3.8) is 0 Å². The molecule has 0 heterocycles. The van der Waals surface area contributed by atoms with Crippen molar-refractivity contribution in [1.29, 1.82) is 0 Å². The number of benzene rings is 1. The fraction of sp³-hybridized carbons (Fsp3) is 0.679. The summed E-state index contributed by atoms with van der Waals surface area (Å²) in [7, 11) is 0. The van der Waals surface area contributed by atoms with Crippen LogP contribution >= 0.6 is 0 Å². The van der Waals surface area contributed by atoms with Gasteiger partial charge in [-0.25, -0.2) is 4.79 Å². The number of hydrogen-bond acceptors (Lipinski definition) is 4. The maximum Gasteiger partial charge on any atom is 0.408 e. The number of nitrogens with zero attached hydrogens (tertiary/aromatic N) is 1. The highest BCUT2D eigenvalue weighted by atomic mass is 16.6. The van der Waals surface area contributed by atoms with Gasteiger partial charge in [0.2, 0.25) is 11.8 Å². The van der Waals surface area contributed by atoms with Crippen LogP contribution in [-0.4, -0.2) is 47.0 Å². The van der Waals surface area contributed by atoms with Crippen molar-refractivity contribution in [3.8, 4) is 0 Å². The highest BCUT2D eigenvalue weighted by Gasteiger charge is 2.37. The third kappa shape index (κ3) is 10.7. The van der Waals surface area contributed by atoms with Crippen LogP contribution < -0.4 is 10.6 Å². The molecule has 0 aliphatic rings. The smallest absolute Gasteiger partial charge is 0.408 e. The van der Waals surface area contributed by atoms with Crippen molar-refractivity contribution in [1.82, 2.24) is 15.5 Å². The van der Waals surface area contributed by atoms with Gasteiger partial charge in [0.15, 0.2) is 0 Å². The standard InChI is InChI=1S/C28H47N3O4/c1-10-11-12-17-29-25(32)24(22-15-13-21(6)14-16-22)31(20(4)5)26(33)23(18-19(2)3)30-27(34)35-28(7,8)9/h13-16,19-20,23-24H,10-12,17-18H2,1-9H3,(H,29,32)(H,30,34). The zero-order valence-electron chi connectivity index (χ0n) is 23.2. The van der Waals surface area contributed by atoms with Crippen LogP contribution in [0.4, 0.5) is 4.79 Å². The van der Waals surface area contributed by atoms with Gasteiger partial charge in [0.1, 0.15) is 17.7 Å². The second-order valence-corrected chi connectivity index (χ2v) is 11.0.